The molecule has 5 nitrogen and oxygen atoms in total. The van der Waals surface area contributed by atoms with Crippen LogP contribution in [0, 0.1) is 5.92 Å². The normalized spacial score (nSPS) is 19.0. The SMILES string of the molecule is O=C1C=C[C@@H](COC(=O)c2ccccc2)[C@H](OC(=O)c2ccccc2)C1. The predicted octanol–water partition coefficient (Wildman–Crippen LogP) is 3.21. The van der Waals surface area contributed by atoms with Gasteiger partial charge in [0.25, 0.3) is 0 Å². The molecular formula is C21H18O5. The van der Waals surface area contributed by atoms with Crippen LogP contribution in [0.1, 0.15) is 27.1 Å². The highest BCUT2D eigenvalue weighted by molar-refractivity contribution is 5.93. The summed E-state index contributed by atoms with van der Waals surface area (Å²) in [7, 11) is 0. The highest BCUT2D eigenvalue weighted by atomic mass is 16.6. The molecule has 0 saturated carbocycles. The van der Waals surface area contributed by atoms with Crippen molar-refractivity contribution in [3.8, 4) is 0 Å². The number of carbonyl (C=O) groups excluding carboxylic acids is 3. The third-order valence-electron chi connectivity index (χ3n) is 4.09. The molecule has 0 radical (unpaired) electrons. The topological polar surface area (TPSA) is 69.7 Å². The van der Waals surface area contributed by atoms with Crippen molar-refractivity contribution in [3.05, 3.63) is 83.9 Å². The third kappa shape index (κ3) is 4.45. The first kappa shape index (κ1) is 17.6. The van der Waals surface area contributed by atoms with Gasteiger partial charge in [-0.1, -0.05) is 42.5 Å². The second-order valence-electron chi connectivity index (χ2n) is 5.97. The first-order valence-electron chi connectivity index (χ1n) is 8.33. The Bertz CT molecular complexity index is 811. The maximum atomic E-state index is 12.3. The predicted molar refractivity (Wildman–Crippen MR) is 94.6 cm³/mol. The Morgan fingerprint density at radius 2 is 1.46 bits per heavy atom. The minimum atomic E-state index is -0.663. The van der Waals surface area contributed by atoms with Crippen LogP contribution in [0.4, 0.5) is 0 Å². The first-order chi connectivity index (χ1) is 12.6. The lowest BCUT2D eigenvalue weighted by molar-refractivity contribution is -0.118. The molecular weight excluding hydrogens is 332 g/mol. The molecule has 0 bridgehead atoms. The molecule has 1 aliphatic rings. The molecule has 3 rings (SSSR count). The van der Waals surface area contributed by atoms with Crippen LogP contribution in [0.25, 0.3) is 0 Å². The van der Waals surface area contributed by atoms with Crippen molar-refractivity contribution in [3.63, 3.8) is 0 Å². The Morgan fingerprint density at radius 1 is 0.885 bits per heavy atom. The van der Waals surface area contributed by atoms with E-state index in [9.17, 15) is 14.4 Å². The Labute approximate surface area is 151 Å². The summed E-state index contributed by atoms with van der Waals surface area (Å²) in [6.07, 6.45) is 2.48. The van der Waals surface area contributed by atoms with Crippen LogP contribution < -0.4 is 0 Å². The number of rotatable bonds is 5. The van der Waals surface area contributed by atoms with Crippen LogP contribution in [-0.2, 0) is 14.3 Å². The van der Waals surface area contributed by atoms with Gasteiger partial charge in [-0.15, -0.1) is 0 Å². The van der Waals surface area contributed by atoms with E-state index < -0.39 is 18.0 Å². The summed E-state index contributed by atoms with van der Waals surface area (Å²) >= 11 is 0. The Morgan fingerprint density at radius 3 is 2.08 bits per heavy atom. The van der Waals surface area contributed by atoms with Gasteiger partial charge in [-0.3, -0.25) is 4.79 Å². The number of esters is 2. The van der Waals surface area contributed by atoms with E-state index in [-0.39, 0.29) is 24.7 Å². The van der Waals surface area contributed by atoms with Crippen LogP contribution in [0.5, 0.6) is 0 Å². The fourth-order valence-electron chi connectivity index (χ4n) is 2.67. The second kappa shape index (κ2) is 8.25. The molecule has 1 aliphatic carbocycles. The van der Waals surface area contributed by atoms with Crippen LogP contribution in [0.15, 0.2) is 72.8 Å². The average Bonchev–Trinajstić information content (AvgIpc) is 2.68. The summed E-state index contributed by atoms with van der Waals surface area (Å²) in [5.41, 5.74) is 0.857. The van der Waals surface area contributed by atoms with Crippen LogP contribution in [0.3, 0.4) is 0 Å². The average molecular weight is 350 g/mol. The minimum absolute atomic E-state index is 0.0320. The van der Waals surface area contributed by atoms with Crippen molar-refractivity contribution in [2.24, 2.45) is 5.92 Å². The van der Waals surface area contributed by atoms with Gasteiger partial charge in [-0.05, 0) is 30.3 Å². The molecule has 0 aromatic heterocycles. The van der Waals surface area contributed by atoms with Crippen molar-refractivity contribution in [2.45, 2.75) is 12.5 Å². The monoisotopic (exact) mass is 350 g/mol. The van der Waals surface area contributed by atoms with Crippen molar-refractivity contribution in [2.75, 3.05) is 6.61 Å². The molecule has 0 unspecified atom stereocenters. The summed E-state index contributed by atoms with van der Waals surface area (Å²) in [6, 6.07) is 17.2. The van der Waals surface area contributed by atoms with Gasteiger partial charge in [0.2, 0.25) is 0 Å². The molecule has 0 N–H and O–H groups in total. The Kier molecular flexibility index (Phi) is 5.59. The molecule has 0 aliphatic heterocycles. The third-order valence-corrected chi connectivity index (χ3v) is 4.09. The summed E-state index contributed by atoms with van der Waals surface area (Å²) in [5.74, 6) is -1.45. The number of benzene rings is 2. The van der Waals surface area contributed by atoms with Gasteiger partial charge in [-0.2, -0.15) is 0 Å². The van der Waals surface area contributed by atoms with E-state index in [1.165, 1.54) is 6.08 Å². The van der Waals surface area contributed by atoms with Gasteiger partial charge in [-0.25, -0.2) is 9.59 Å². The molecule has 0 spiro atoms. The van der Waals surface area contributed by atoms with Crippen molar-refractivity contribution < 1.29 is 23.9 Å². The maximum Gasteiger partial charge on any atom is 0.338 e. The Hall–Kier alpha value is -3.21. The Balaban J connectivity index is 1.64. The van der Waals surface area contributed by atoms with E-state index in [1.807, 2.05) is 6.07 Å². The molecule has 0 saturated heterocycles. The van der Waals surface area contributed by atoms with Crippen LogP contribution >= 0.6 is 0 Å². The summed E-state index contributed by atoms with van der Waals surface area (Å²) in [4.78, 5) is 36.1. The van der Waals surface area contributed by atoms with E-state index >= 15 is 0 Å². The second-order valence-corrected chi connectivity index (χ2v) is 5.97. The van der Waals surface area contributed by atoms with E-state index in [1.54, 1.807) is 60.7 Å². The fraction of sp³-hybridized carbons (Fsp3) is 0.190. The van der Waals surface area contributed by atoms with Gasteiger partial charge in [0.15, 0.2) is 5.78 Å². The van der Waals surface area contributed by atoms with Gasteiger partial charge >= 0.3 is 11.9 Å². The van der Waals surface area contributed by atoms with Gasteiger partial charge < -0.3 is 9.47 Å². The van der Waals surface area contributed by atoms with Crippen LogP contribution in [-0.4, -0.2) is 30.4 Å². The van der Waals surface area contributed by atoms with E-state index in [4.69, 9.17) is 9.47 Å². The molecule has 26 heavy (non-hydrogen) atoms. The molecule has 0 heterocycles. The van der Waals surface area contributed by atoms with Crippen molar-refractivity contribution in [1.29, 1.82) is 0 Å². The first-order valence-corrected chi connectivity index (χ1v) is 8.33. The zero-order chi connectivity index (χ0) is 18.4. The molecule has 5 heteroatoms. The van der Waals surface area contributed by atoms with Crippen LogP contribution in [0.2, 0.25) is 0 Å². The lowest BCUT2D eigenvalue weighted by atomic mass is 9.92. The number of carbonyl (C=O) groups is 3. The lowest BCUT2D eigenvalue weighted by Gasteiger charge is -2.26. The van der Waals surface area contributed by atoms with Gasteiger partial charge in [0, 0.05) is 12.3 Å². The number of ether oxygens (including phenoxy) is 2. The molecule has 2 atom stereocenters. The van der Waals surface area contributed by atoms with E-state index in [2.05, 4.69) is 0 Å². The van der Waals surface area contributed by atoms with Gasteiger partial charge in [0.1, 0.15) is 12.7 Å². The van der Waals surface area contributed by atoms with Gasteiger partial charge in [0.05, 0.1) is 11.1 Å². The number of ketones is 1. The lowest BCUT2D eigenvalue weighted by Crippen LogP contribution is -2.34. The number of hydrogen-bond acceptors (Lipinski definition) is 5. The number of allylic oxidation sites excluding steroid dienone is 1. The standard InChI is InChI=1S/C21H18O5/c22-18-12-11-17(14-25-20(23)15-7-3-1-4-8-15)19(13-18)26-21(24)16-9-5-2-6-10-16/h1-12,17,19H,13-14H2/t17-,19+/m0/s1. The quantitative estimate of drug-likeness (QED) is 0.775. The van der Waals surface area contributed by atoms with E-state index in [0.29, 0.717) is 11.1 Å². The van der Waals surface area contributed by atoms with Crippen molar-refractivity contribution >= 4 is 17.7 Å². The zero-order valence-electron chi connectivity index (χ0n) is 14.0. The van der Waals surface area contributed by atoms with Crippen molar-refractivity contribution in [1.82, 2.24) is 0 Å². The summed E-state index contributed by atoms with van der Waals surface area (Å²) in [6.45, 7) is 0.0320. The number of hydrogen-bond donors (Lipinski definition) is 0. The zero-order valence-corrected chi connectivity index (χ0v) is 14.0. The molecule has 2 aromatic carbocycles. The fourth-order valence-corrected chi connectivity index (χ4v) is 2.67. The summed E-state index contributed by atoms with van der Waals surface area (Å²) < 4.78 is 10.8. The largest absolute Gasteiger partial charge is 0.461 e. The maximum absolute atomic E-state index is 12.3. The molecule has 2 aromatic rings. The highest BCUT2D eigenvalue weighted by Gasteiger charge is 2.30. The molecule has 0 fully saturated rings. The molecule has 0 amide bonds. The smallest absolute Gasteiger partial charge is 0.338 e. The summed E-state index contributed by atoms with van der Waals surface area (Å²) in [5, 5.41) is 0. The minimum Gasteiger partial charge on any atom is -0.461 e. The highest BCUT2D eigenvalue weighted by Crippen LogP contribution is 2.22. The molecule has 132 valence electrons. The van der Waals surface area contributed by atoms with E-state index in [0.717, 1.165) is 0 Å².